The Balaban J connectivity index is 2.74. The first-order valence-corrected chi connectivity index (χ1v) is 7.44. The molecule has 0 aliphatic carbocycles. The van der Waals surface area contributed by atoms with E-state index in [9.17, 15) is 4.39 Å². The Morgan fingerprint density at radius 3 is 2.05 bits per heavy atom. The van der Waals surface area contributed by atoms with Gasteiger partial charge < -0.3 is 5.32 Å². The van der Waals surface area contributed by atoms with Gasteiger partial charge in [0.2, 0.25) is 0 Å². The summed E-state index contributed by atoms with van der Waals surface area (Å²) >= 11 is 6.26. The minimum absolute atomic E-state index is 0.252. The third kappa shape index (κ3) is 2.83. The average Bonchev–Trinajstić information content (AvgIpc) is 2.43. The van der Waals surface area contributed by atoms with Gasteiger partial charge in [0.25, 0.3) is 0 Å². The molecule has 1 N–H and O–H groups in total. The highest BCUT2D eigenvalue weighted by Crippen LogP contribution is 2.35. The van der Waals surface area contributed by atoms with Crippen LogP contribution in [0.25, 0.3) is 0 Å². The van der Waals surface area contributed by atoms with Gasteiger partial charge in [0, 0.05) is 10.6 Å². The molecule has 0 heterocycles. The van der Waals surface area contributed by atoms with Crippen LogP contribution in [0.5, 0.6) is 0 Å². The van der Waals surface area contributed by atoms with Crippen molar-refractivity contribution in [2.75, 3.05) is 7.05 Å². The van der Waals surface area contributed by atoms with Gasteiger partial charge in [0.05, 0.1) is 6.04 Å². The Morgan fingerprint density at radius 2 is 1.57 bits per heavy atom. The summed E-state index contributed by atoms with van der Waals surface area (Å²) in [6.45, 7) is 8.33. The van der Waals surface area contributed by atoms with E-state index in [1.54, 1.807) is 12.1 Å². The maximum absolute atomic E-state index is 14.3. The molecule has 0 fully saturated rings. The first-order valence-electron chi connectivity index (χ1n) is 7.07. The number of hydrogen-bond acceptors (Lipinski definition) is 1. The molecule has 2 rings (SSSR count). The molecule has 0 saturated carbocycles. The number of halogens is 2. The molecule has 21 heavy (non-hydrogen) atoms. The van der Waals surface area contributed by atoms with E-state index in [-0.39, 0.29) is 11.9 Å². The van der Waals surface area contributed by atoms with Crippen LogP contribution >= 0.6 is 11.6 Å². The number of rotatable bonds is 3. The smallest absolute Gasteiger partial charge is 0.129 e. The predicted molar refractivity (Wildman–Crippen MR) is 87.7 cm³/mol. The van der Waals surface area contributed by atoms with Gasteiger partial charge in [-0.2, -0.15) is 0 Å². The Labute approximate surface area is 131 Å². The van der Waals surface area contributed by atoms with Crippen molar-refractivity contribution in [2.45, 2.75) is 33.7 Å². The molecule has 2 aromatic carbocycles. The fourth-order valence-electron chi connectivity index (χ4n) is 2.90. The molecule has 2 aromatic rings. The minimum atomic E-state index is -0.278. The molecule has 3 heteroatoms. The summed E-state index contributed by atoms with van der Waals surface area (Å²) in [6.07, 6.45) is 0. The summed E-state index contributed by atoms with van der Waals surface area (Å²) in [5, 5.41) is 3.68. The van der Waals surface area contributed by atoms with Crippen LogP contribution in [0.1, 0.15) is 39.4 Å². The molecule has 0 aromatic heterocycles. The lowest BCUT2D eigenvalue weighted by molar-refractivity contribution is 0.574. The molecule has 0 bridgehead atoms. The Bertz CT molecular complexity index is 633. The molecule has 0 amide bonds. The van der Waals surface area contributed by atoms with E-state index in [0.29, 0.717) is 10.6 Å². The van der Waals surface area contributed by atoms with Gasteiger partial charge in [-0.3, -0.25) is 0 Å². The van der Waals surface area contributed by atoms with Crippen LogP contribution < -0.4 is 5.32 Å². The Kier molecular flexibility index (Phi) is 4.70. The van der Waals surface area contributed by atoms with Crippen LogP contribution in [0.15, 0.2) is 24.3 Å². The maximum Gasteiger partial charge on any atom is 0.129 e. The van der Waals surface area contributed by atoms with E-state index in [0.717, 1.165) is 5.56 Å². The molecule has 0 aliphatic heterocycles. The molecular weight excluding hydrogens is 285 g/mol. The van der Waals surface area contributed by atoms with Crippen LogP contribution in [0.2, 0.25) is 5.02 Å². The van der Waals surface area contributed by atoms with E-state index in [1.165, 1.54) is 28.3 Å². The average molecular weight is 306 g/mol. The van der Waals surface area contributed by atoms with Gasteiger partial charge in [0.15, 0.2) is 0 Å². The molecule has 0 spiro atoms. The zero-order valence-electron chi connectivity index (χ0n) is 13.1. The summed E-state index contributed by atoms with van der Waals surface area (Å²) in [6, 6.07) is 6.74. The van der Waals surface area contributed by atoms with Crippen molar-refractivity contribution in [3.8, 4) is 0 Å². The zero-order valence-corrected chi connectivity index (χ0v) is 13.9. The van der Waals surface area contributed by atoms with Crippen molar-refractivity contribution in [3.63, 3.8) is 0 Å². The lowest BCUT2D eigenvalue weighted by atomic mass is 9.86. The highest BCUT2D eigenvalue weighted by atomic mass is 35.5. The second-order valence-electron chi connectivity index (χ2n) is 5.53. The van der Waals surface area contributed by atoms with Gasteiger partial charge in [0.1, 0.15) is 5.82 Å². The molecule has 1 nitrogen and oxygen atoms in total. The van der Waals surface area contributed by atoms with Crippen molar-refractivity contribution < 1.29 is 4.39 Å². The maximum atomic E-state index is 14.3. The van der Waals surface area contributed by atoms with Crippen LogP contribution in [-0.4, -0.2) is 7.05 Å². The first-order chi connectivity index (χ1) is 9.88. The van der Waals surface area contributed by atoms with E-state index in [1.807, 2.05) is 7.05 Å². The van der Waals surface area contributed by atoms with Gasteiger partial charge >= 0.3 is 0 Å². The standard InChI is InChI=1S/C18H21ClFN/c1-10-9-11(2)13(4)16(12(10)3)18(21-5)17-14(19)7-6-8-15(17)20/h6-9,18,21H,1-5H3. The van der Waals surface area contributed by atoms with E-state index < -0.39 is 0 Å². The van der Waals surface area contributed by atoms with Crippen molar-refractivity contribution >= 4 is 11.6 Å². The van der Waals surface area contributed by atoms with E-state index in [4.69, 9.17) is 11.6 Å². The second kappa shape index (κ2) is 6.17. The van der Waals surface area contributed by atoms with Crippen molar-refractivity contribution in [2.24, 2.45) is 0 Å². The molecule has 112 valence electrons. The number of nitrogens with one attached hydrogen (secondary N) is 1. The number of benzene rings is 2. The minimum Gasteiger partial charge on any atom is -0.309 e. The predicted octanol–water partition coefficient (Wildman–Crippen LogP) is 5.02. The third-order valence-electron chi connectivity index (χ3n) is 4.29. The van der Waals surface area contributed by atoms with Crippen molar-refractivity contribution in [1.82, 2.24) is 5.32 Å². The van der Waals surface area contributed by atoms with E-state index >= 15 is 0 Å². The summed E-state index contributed by atoms with van der Waals surface area (Å²) in [7, 11) is 1.84. The lowest BCUT2D eigenvalue weighted by Gasteiger charge is -2.25. The van der Waals surface area contributed by atoms with Crippen LogP contribution in [0, 0.1) is 33.5 Å². The molecular formula is C18H21ClFN. The van der Waals surface area contributed by atoms with Crippen LogP contribution in [0.4, 0.5) is 4.39 Å². The summed E-state index contributed by atoms with van der Waals surface area (Å²) < 4.78 is 14.3. The SMILES string of the molecule is CNC(c1c(F)cccc1Cl)c1c(C)c(C)cc(C)c1C. The number of aryl methyl sites for hydroxylation is 2. The highest BCUT2D eigenvalue weighted by molar-refractivity contribution is 6.31. The quantitative estimate of drug-likeness (QED) is 0.839. The molecule has 0 radical (unpaired) electrons. The van der Waals surface area contributed by atoms with Gasteiger partial charge in [-0.25, -0.2) is 4.39 Å². The monoisotopic (exact) mass is 305 g/mol. The fraction of sp³-hybridized carbons (Fsp3) is 0.333. The van der Waals surface area contributed by atoms with Gasteiger partial charge in [-0.15, -0.1) is 0 Å². The second-order valence-corrected chi connectivity index (χ2v) is 5.94. The number of hydrogen-bond donors (Lipinski definition) is 1. The van der Waals surface area contributed by atoms with Crippen molar-refractivity contribution in [3.05, 3.63) is 68.5 Å². The fourth-order valence-corrected chi connectivity index (χ4v) is 3.17. The van der Waals surface area contributed by atoms with Gasteiger partial charge in [-0.1, -0.05) is 23.7 Å². The third-order valence-corrected chi connectivity index (χ3v) is 4.62. The summed E-state index contributed by atoms with van der Waals surface area (Å²) in [5.74, 6) is -0.278. The van der Waals surface area contributed by atoms with Gasteiger partial charge in [-0.05, 0) is 74.7 Å². The zero-order chi connectivity index (χ0) is 15.7. The van der Waals surface area contributed by atoms with Crippen LogP contribution in [-0.2, 0) is 0 Å². The normalized spacial score (nSPS) is 12.5. The molecule has 1 atom stereocenters. The van der Waals surface area contributed by atoms with Crippen molar-refractivity contribution in [1.29, 1.82) is 0 Å². The summed E-state index contributed by atoms with van der Waals surface area (Å²) in [5.41, 5.74) is 6.40. The topological polar surface area (TPSA) is 12.0 Å². The molecule has 1 unspecified atom stereocenters. The molecule has 0 saturated heterocycles. The largest absolute Gasteiger partial charge is 0.309 e. The van der Waals surface area contributed by atoms with E-state index in [2.05, 4.69) is 39.1 Å². The van der Waals surface area contributed by atoms with Crippen LogP contribution in [0.3, 0.4) is 0 Å². The summed E-state index contributed by atoms with van der Waals surface area (Å²) in [4.78, 5) is 0. The highest BCUT2D eigenvalue weighted by Gasteiger charge is 2.23. The Morgan fingerprint density at radius 1 is 1.00 bits per heavy atom. The first kappa shape index (κ1) is 16.0. The Hall–Kier alpha value is -1.38. The molecule has 0 aliphatic rings. The lowest BCUT2D eigenvalue weighted by Crippen LogP contribution is -2.22.